The van der Waals surface area contributed by atoms with Crippen LogP contribution in [-0.2, 0) is 9.47 Å². The third-order valence-electron chi connectivity index (χ3n) is 5.11. The molecule has 1 aliphatic carbocycles. The first-order chi connectivity index (χ1) is 9.04. The summed E-state index contributed by atoms with van der Waals surface area (Å²) in [5, 5.41) is 0. The Kier molecular flexibility index (Phi) is 3.19. The van der Waals surface area contributed by atoms with Gasteiger partial charge in [-0.25, -0.2) is 6.57 Å². The van der Waals surface area contributed by atoms with Gasteiger partial charge < -0.3 is 14.3 Å². The molecule has 3 heteroatoms. The molecule has 3 aliphatic rings. The van der Waals surface area contributed by atoms with Crippen LogP contribution in [0.1, 0.15) is 46.5 Å². The molecular formula is C16H23NO2. The molecule has 0 aromatic rings. The second-order valence-corrected chi connectivity index (χ2v) is 6.53. The maximum absolute atomic E-state index is 7.10. The normalized spacial score (nSPS) is 46.1. The molecule has 3 rings (SSSR count). The molecule has 6 atom stereocenters. The SMILES string of the molecule is [C-]#[N+][C@@H](C)CC1CC[C@@H]2O[C@@H]3C[C@]2(C=C(C)C3C)O1. The topological polar surface area (TPSA) is 22.8 Å². The number of fused-ring (bicyclic) bond motifs is 1. The fourth-order valence-electron chi connectivity index (χ4n) is 3.85. The number of nitrogens with zero attached hydrogens (tertiary/aromatic N) is 1. The van der Waals surface area contributed by atoms with Crippen molar-refractivity contribution in [3.05, 3.63) is 23.1 Å². The Morgan fingerprint density at radius 2 is 2.32 bits per heavy atom. The second-order valence-electron chi connectivity index (χ2n) is 6.53. The van der Waals surface area contributed by atoms with E-state index in [2.05, 4.69) is 24.8 Å². The third-order valence-corrected chi connectivity index (χ3v) is 5.11. The Bertz CT molecular complexity index is 439. The first-order valence-electron chi connectivity index (χ1n) is 7.43. The van der Waals surface area contributed by atoms with E-state index in [0.29, 0.717) is 12.0 Å². The maximum atomic E-state index is 7.10. The molecule has 0 aromatic heterocycles. The van der Waals surface area contributed by atoms with Crippen molar-refractivity contribution in [2.75, 3.05) is 0 Å². The van der Waals surface area contributed by atoms with Crippen LogP contribution in [-0.4, -0.2) is 30.0 Å². The van der Waals surface area contributed by atoms with E-state index in [4.69, 9.17) is 16.0 Å². The molecule has 0 radical (unpaired) electrons. The minimum Gasteiger partial charge on any atom is -0.371 e. The highest BCUT2D eigenvalue weighted by atomic mass is 16.6. The standard InChI is InChI=1S/C16H23NO2/c1-10-8-16-9-14(12(10)3)18-15(16)6-5-13(19-16)7-11(2)17-4/h8,11-15H,5-7,9H2,1-3H3/t11-,12?,13?,14+,15-,16-/m0/s1. The lowest BCUT2D eigenvalue weighted by Crippen LogP contribution is -2.48. The van der Waals surface area contributed by atoms with Gasteiger partial charge in [0.1, 0.15) is 5.60 Å². The van der Waals surface area contributed by atoms with Crippen LogP contribution in [0.3, 0.4) is 0 Å². The van der Waals surface area contributed by atoms with Crippen LogP contribution in [0.15, 0.2) is 11.6 Å². The first kappa shape index (κ1) is 13.1. The van der Waals surface area contributed by atoms with Crippen molar-refractivity contribution >= 4 is 0 Å². The van der Waals surface area contributed by atoms with Gasteiger partial charge >= 0.3 is 0 Å². The lowest BCUT2D eigenvalue weighted by Gasteiger charge is -2.41. The van der Waals surface area contributed by atoms with E-state index < -0.39 is 0 Å². The van der Waals surface area contributed by atoms with E-state index in [0.717, 1.165) is 25.7 Å². The number of hydrogen-bond donors (Lipinski definition) is 0. The monoisotopic (exact) mass is 261 g/mol. The van der Waals surface area contributed by atoms with Gasteiger partial charge in [-0.1, -0.05) is 18.6 Å². The Labute approximate surface area is 115 Å². The van der Waals surface area contributed by atoms with E-state index >= 15 is 0 Å². The summed E-state index contributed by atoms with van der Waals surface area (Å²) in [4.78, 5) is 3.60. The number of ether oxygens (including phenoxy) is 2. The van der Waals surface area contributed by atoms with Crippen LogP contribution in [0.25, 0.3) is 4.85 Å². The molecule has 0 N–H and O–H groups in total. The van der Waals surface area contributed by atoms with Gasteiger partial charge in [0.25, 0.3) is 0 Å². The van der Waals surface area contributed by atoms with Gasteiger partial charge in [-0.3, -0.25) is 0 Å². The molecule has 3 nitrogen and oxygen atoms in total. The first-order valence-corrected chi connectivity index (χ1v) is 7.43. The van der Waals surface area contributed by atoms with Crippen molar-refractivity contribution < 1.29 is 9.47 Å². The summed E-state index contributed by atoms with van der Waals surface area (Å²) >= 11 is 0. The molecule has 2 bridgehead atoms. The van der Waals surface area contributed by atoms with Gasteiger partial charge in [0.05, 0.1) is 18.3 Å². The van der Waals surface area contributed by atoms with Gasteiger partial charge in [-0.05, 0) is 19.8 Å². The van der Waals surface area contributed by atoms with E-state index in [-0.39, 0.29) is 23.9 Å². The highest BCUT2D eigenvalue weighted by molar-refractivity contribution is 5.25. The quantitative estimate of drug-likeness (QED) is 0.562. The predicted molar refractivity (Wildman–Crippen MR) is 73.7 cm³/mol. The zero-order valence-corrected chi connectivity index (χ0v) is 12.1. The van der Waals surface area contributed by atoms with Crippen molar-refractivity contribution in [2.45, 2.75) is 76.4 Å². The zero-order valence-electron chi connectivity index (χ0n) is 12.1. The molecule has 104 valence electrons. The molecule has 2 saturated heterocycles. The summed E-state index contributed by atoms with van der Waals surface area (Å²) in [6, 6.07) is 0.0589. The van der Waals surface area contributed by atoms with E-state index in [1.165, 1.54) is 5.57 Å². The van der Waals surface area contributed by atoms with Crippen molar-refractivity contribution in [1.29, 1.82) is 0 Å². The molecule has 2 unspecified atom stereocenters. The van der Waals surface area contributed by atoms with Crippen molar-refractivity contribution in [3.63, 3.8) is 0 Å². The lowest BCUT2D eigenvalue weighted by atomic mass is 9.77. The smallest absolute Gasteiger partial charge is 0.223 e. The van der Waals surface area contributed by atoms with Crippen molar-refractivity contribution in [3.8, 4) is 0 Å². The fraction of sp³-hybridized carbons (Fsp3) is 0.812. The molecule has 0 aromatic carbocycles. The van der Waals surface area contributed by atoms with Crippen LogP contribution in [0.4, 0.5) is 0 Å². The van der Waals surface area contributed by atoms with Gasteiger partial charge in [0.2, 0.25) is 6.04 Å². The maximum Gasteiger partial charge on any atom is 0.223 e. The van der Waals surface area contributed by atoms with Crippen LogP contribution < -0.4 is 0 Å². The van der Waals surface area contributed by atoms with E-state index in [9.17, 15) is 0 Å². The molecule has 19 heavy (non-hydrogen) atoms. The molecule has 2 aliphatic heterocycles. The van der Waals surface area contributed by atoms with Gasteiger partial charge in [-0.15, -0.1) is 0 Å². The molecular weight excluding hydrogens is 238 g/mol. The molecule has 2 heterocycles. The van der Waals surface area contributed by atoms with Crippen LogP contribution in [0, 0.1) is 12.5 Å². The zero-order chi connectivity index (χ0) is 13.6. The van der Waals surface area contributed by atoms with Gasteiger partial charge in [0.15, 0.2) is 0 Å². The Hall–Kier alpha value is -0.850. The van der Waals surface area contributed by atoms with Gasteiger partial charge in [-0.2, -0.15) is 0 Å². The summed E-state index contributed by atoms with van der Waals surface area (Å²) in [7, 11) is 0. The van der Waals surface area contributed by atoms with Crippen LogP contribution in [0.5, 0.6) is 0 Å². The van der Waals surface area contributed by atoms with Crippen LogP contribution in [0.2, 0.25) is 0 Å². The summed E-state index contributed by atoms with van der Waals surface area (Å²) in [5.74, 6) is 0.514. The molecule has 0 saturated carbocycles. The minimum absolute atomic E-state index is 0.0589. The second kappa shape index (κ2) is 4.61. The van der Waals surface area contributed by atoms with Crippen molar-refractivity contribution in [2.24, 2.45) is 5.92 Å². The Morgan fingerprint density at radius 1 is 1.53 bits per heavy atom. The highest BCUT2D eigenvalue weighted by Gasteiger charge is 2.55. The summed E-state index contributed by atoms with van der Waals surface area (Å²) in [6.07, 6.45) is 7.05. The average molecular weight is 261 g/mol. The minimum atomic E-state index is -0.189. The summed E-state index contributed by atoms with van der Waals surface area (Å²) in [5.41, 5.74) is 1.21. The number of rotatable bonds is 2. The summed E-state index contributed by atoms with van der Waals surface area (Å²) < 4.78 is 12.6. The van der Waals surface area contributed by atoms with Gasteiger partial charge in [0, 0.05) is 25.7 Å². The Balaban J connectivity index is 1.79. The Morgan fingerprint density at radius 3 is 3.05 bits per heavy atom. The number of hydrogen-bond acceptors (Lipinski definition) is 2. The van der Waals surface area contributed by atoms with E-state index in [1.54, 1.807) is 0 Å². The van der Waals surface area contributed by atoms with Crippen LogP contribution >= 0.6 is 0 Å². The average Bonchev–Trinajstić information content (AvgIpc) is 2.70. The van der Waals surface area contributed by atoms with E-state index in [1.807, 2.05) is 6.92 Å². The largest absolute Gasteiger partial charge is 0.371 e. The van der Waals surface area contributed by atoms with Crippen molar-refractivity contribution in [1.82, 2.24) is 0 Å². The highest BCUT2D eigenvalue weighted by Crippen LogP contribution is 2.49. The molecule has 0 amide bonds. The lowest BCUT2D eigenvalue weighted by molar-refractivity contribution is -0.141. The summed E-state index contributed by atoms with van der Waals surface area (Å²) in [6.45, 7) is 13.5. The molecule has 1 spiro atoms. The fourth-order valence-corrected chi connectivity index (χ4v) is 3.85. The predicted octanol–water partition coefficient (Wildman–Crippen LogP) is 3.36. The molecule has 2 fully saturated rings. The third kappa shape index (κ3) is 2.11.